The molecule has 4 heteroatoms. The van der Waals surface area contributed by atoms with E-state index < -0.39 is 6.29 Å². The lowest BCUT2D eigenvalue weighted by Crippen LogP contribution is -2.01. The molecule has 0 spiro atoms. The van der Waals surface area contributed by atoms with Crippen LogP contribution in [0.5, 0.6) is 0 Å². The third kappa shape index (κ3) is 10.4. The van der Waals surface area contributed by atoms with Crippen molar-refractivity contribution in [3.05, 3.63) is 11.5 Å². The Morgan fingerprint density at radius 2 is 2.27 bits per heavy atom. The van der Waals surface area contributed by atoms with E-state index in [1.165, 1.54) is 5.75 Å². The maximum atomic E-state index is 8.11. The number of rotatable bonds is 2. The van der Waals surface area contributed by atoms with Gasteiger partial charge in [0.15, 0.2) is 6.29 Å². The summed E-state index contributed by atoms with van der Waals surface area (Å²) >= 11 is 0. The van der Waals surface area contributed by atoms with Crippen LogP contribution in [0.3, 0.4) is 0 Å². The molecule has 0 saturated heterocycles. The van der Waals surface area contributed by atoms with Gasteiger partial charge in [-0.05, 0) is 11.8 Å². The Morgan fingerprint density at radius 1 is 1.55 bits per heavy atom. The highest BCUT2D eigenvalue weighted by Crippen LogP contribution is 2.27. The summed E-state index contributed by atoms with van der Waals surface area (Å²) < 4.78 is 0. The van der Waals surface area contributed by atoms with E-state index in [0.717, 1.165) is 6.42 Å². The Hall–Kier alpha value is 0.360. The first kappa shape index (κ1) is 11.4. The van der Waals surface area contributed by atoms with E-state index in [0.29, 0.717) is 6.42 Å². The van der Waals surface area contributed by atoms with Crippen molar-refractivity contribution in [2.24, 2.45) is 0 Å². The zero-order valence-corrected chi connectivity index (χ0v) is 8.20. The van der Waals surface area contributed by atoms with Crippen LogP contribution in [0.15, 0.2) is 11.5 Å². The van der Waals surface area contributed by atoms with Crippen molar-refractivity contribution in [2.75, 3.05) is 5.75 Å². The smallest absolute Gasteiger partial charge is 0.151 e. The lowest BCUT2D eigenvalue weighted by molar-refractivity contribution is -0.0453. The molecule has 2 N–H and O–H groups in total. The standard InChI is InChI=1S/C4H10O2.C3H4S2/c1-2-3-4(5)6;1-2-4-5-3-1/h4-6H,2-3H2,1H3;1-2H,3H2. The number of aliphatic hydroxyl groups is 2. The average Bonchev–Trinajstić information content (AvgIpc) is 2.41. The molecule has 0 aromatic rings. The summed E-state index contributed by atoms with van der Waals surface area (Å²) in [6.45, 7) is 1.90. The van der Waals surface area contributed by atoms with Crippen LogP contribution in [0.2, 0.25) is 0 Å². The van der Waals surface area contributed by atoms with Crippen molar-refractivity contribution in [2.45, 2.75) is 26.1 Å². The molecule has 0 atom stereocenters. The van der Waals surface area contributed by atoms with Crippen LogP contribution < -0.4 is 0 Å². The highest BCUT2D eigenvalue weighted by atomic mass is 33.1. The Balaban J connectivity index is 0.000000183. The van der Waals surface area contributed by atoms with Gasteiger partial charge in [-0.15, -0.1) is 0 Å². The summed E-state index contributed by atoms with van der Waals surface area (Å²) in [4.78, 5) is 0. The molecule has 11 heavy (non-hydrogen) atoms. The van der Waals surface area contributed by atoms with Crippen molar-refractivity contribution < 1.29 is 10.2 Å². The number of hydrogen-bond donors (Lipinski definition) is 2. The summed E-state index contributed by atoms with van der Waals surface area (Å²) in [7, 11) is 3.69. The highest BCUT2D eigenvalue weighted by Gasteiger charge is 1.89. The Bertz CT molecular complexity index is 98.6. The lowest BCUT2D eigenvalue weighted by atomic mass is 10.3. The molecule has 0 unspecified atom stereocenters. The van der Waals surface area contributed by atoms with Gasteiger partial charge in [-0.2, -0.15) is 0 Å². The molecule has 0 bridgehead atoms. The SMILES string of the molecule is C1=CSSC1.CCCC(O)O. The zero-order chi connectivity index (χ0) is 8.53. The molecule has 2 nitrogen and oxygen atoms in total. The Morgan fingerprint density at radius 3 is 2.36 bits per heavy atom. The molecular weight excluding hydrogens is 180 g/mol. The molecular formula is C7H14O2S2. The topological polar surface area (TPSA) is 40.5 Å². The summed E-state index contributed by atoms with van der Waals surface area (Å²) in [6.07, 6.45) is 2.38. The summed E-state index contributed by atoms with van der Waals surface area (Å²) in [5, 5.41) is 18.3. The minimum atomic E-state index is -1.10. The van der Waals surface area contributed by atoms with Crippen molar-refractivity contribution >= 4 is 21.6 Å². The van der Waals surface area contributed by atoms with Crippen molar-refractivity contribution in [3.63, 3.8) is 0 Å². The summed E-state index contributed by atoms with van der Waals surface area (Å²) in [6, 6.07) is 0. The third-order valence-electron chi connectivity index (χ3n) is 0.931. The first-order valence-electron chi connectivity index (χ1n) is 3.56. The minimum absolute atomic E-state index is 0.486. The first-order chi connectivity index (χ1) is 5.27. The van der Waals surface area contributed by atoms with Crippen LogP contribution >= 0.6 is 21.6 Å². The lowest BCUT2D eigenvalue weighted by Gasteiger charge is -1.94. The largest absolute Gasteiger partial charge is 0.368 e. The van der Waals surface area contributed by atoms with Crippen molar-refractivity contribution in [3.8, 4) is 0 Å². The predicted molar refractivity (Wildman–Crippen MR) is 52.3 cm³/mol. The minimum Gasteiger partial charge on any atom is -0.368 e. The molecule has 66 valence electrons. The average molecular weight is 194 g/mol. The van der Waals surface area contributed by atoms with Crippen LogP contribution in [0.1, 0.15) is 19.8 Å². The fraction of sp³-hybridized carbons (Fsp3) is 0.714. The Kier molecular flexibility index (Phi) is 8.73. The molecule has 0 aliphatic carbocycles. The maximum absolute atomic E-state index is 8.11. The van der Waals surface area contributed by atoms with Gasteiger partial charge in [0.1, 0.15) is 0 Å². The molecule has 1 aliphatic rings. The van der Waals surface area contributed by atoms with Gasteiger partial charge in [-0.3, -0.25) is 0 Å². The van der Waals surface area contributed by atoms with Gasteiger partial charge in [0, 0.05) is 5.75 Å². The monoisotopic (exact) mass is 194 g/mol. The maximum Gasteiger partial charge on any atom is 0.151 e. The molecule has 1 heterocycles. The van der Waals surface area contributed by atoms with Crippen LogP contribution in [0, 0.1) is 0 Å². The summed E-state index contributed by atoms with van der Waals surface area (Å²) in [5.74, 6) is 1.20. The van der Waals surface area contributed by atoms with E-state index in [1.807, 2.05) is 28.5 Å². The highest BCUT2D eigenvalue weighted by molar-refractivity contribution is 8.78. The second kappa shape index (κ2) is 8.46. The fourth-order valence-electron chi connectivity index (χ4n) is 0.455. The third-order valence-corrected chi connectivity index (χ3v) is 2.85. The quantitative estimate of drug-likeness (QED) is 0.521. The second-order valence-electron chi connectivity index (χ2n) is 2.02. The fourth-order valence-corrected chi connectivity index (χ4v) is 2.03. The zero-order valence-electron chi connectivity index (χ0n) is 6.56. The van der Waals surface area contributed by atoms with Crippen molar-refractivity contribution in [1.29, 1.82) is 0 Å². The molecule has 0 fully saturated rings. The van der Waals surface area contributed by atoms with E-state index in [4.69, 9.17) is 10.2 Å². The van der Waals surface area contributed by atoms with Crippen LogP contribution in [-0.4, -0.2) is 22.3 Å². The molecule has 1 aliphatic heterocycles. The van der Waals surface area contributed by atoms with E-state index in [1.54, 1.807) is 0 Å². The number of aliphatic hydroxyl groups excluding tert-OH is 1. The number of hydrogen-bond acceptors (Lipinski definition) is 4. The van der Waals surface area contributed by atoms with E-state index in [2.05, 4.69) is 11.5 Å². The first-order valence-corrected chi connectivity index (χ1v) is 5.95. The molecule has 1 rings (SSSR count). The summed E-state index contributed by atoms with van der Waals surface area (Å²) in [5.41, 5.74) is 0. The Labute approximate surface area is 75.5 Å². The van der Waals surface area contributed by atoms with E-state index in [9.17, 15) is 0 Å². The predicted octanol–water partition coefficient (Wildman–Crippen LogP) is 1.99. The van der Waals surface area contributed by atoms with Crippen LogP contribution in [0.25, 0.3) is 0 Å². The van der Waals surface area contributed by atoms with Gasteiger partial charge < -0.3 is 10.2 Å². The second-order valence-corrected chi connectivity index (χ2v) is 4.34. The van der Waals surface area contributed by atoms with E-state index >= 15 is 0 Å². The van der Waals surface area contributed by atoms with E-state index in [-0.39, 0.29) is 0 Å². The van der Waals surface area contributed by atoms with Gasteiger partial charge in [0.25, 0.3) is 0 Å². The molecule has 0 radical (unpaired) electrons. The van der Waals surface area contributed by atoms with Gasteiger partial charge >= 0.3 is 0 Å². The van der Waals surface area contributed by atoms with Gasteiger partial charge in [0.05, 0.1) is 0 Å². The molecule has 0 aromatic heterocycles. The van der Waals surface area contributed by atoms with Gasteiger partial charge in [0.2, 0.25) is 0 Å². The van der Waals surface area contributed by atoms with Gasteiger partial charge in [-0.25, -0.2) is 0 Å². The van der Waals surface area contributed by atoms with Crippen LogP contribution in [0.4, 0.5) is 0 Å². The molecule has 0 amide bonds. The molecule has 0 saturated carbocycles. The van der Waals surface area contributed by atoms with Crippen molar-refractivity contribution in [1.82, 2.24) is 0 Å². The molecule has 0 aromatic carbocycles. The van der Waals surface area contributed by atoms with Gasteiger partial charge in [-0.1, -0.05) is 41.0 Å². The normalized spacial score (nSPS) is 14.9. The van der Waals surface area contributed by atoms with Crippen LogP contribution in [-0.2, 0) is 0 Å².